The van der Waals surface area contributed by atoms with Crippen molar-refractivity contribution in [1.82, 2.24) is 20.4 Å². The highest BCUT2D eigenvalue weighted by molar-refractivity contribution is 5.74. The van der Waals surface area contributed by atoms with Crippen LogP contribution in [-0.2, 0) is 5.54 Å². The first kappa shape index (κ1) is 16.3. The Morgan fingerprint density at radius 2 is 2.00 bits per heavy atom. The molecule has 5 nitrogen and oxygen atoms in total. The van der Waals surface area contributed by atoms with Gasteiger partial charge in [0.05, 0.1) is 17.3 Å². The molecule has 2 amide bonds. The largest absolute Gasteiger partial charge is 0.332 e. The van der Waals surface area contributed by atoms with Gasteiger partial charge < -0.3 is 10.6 Å². The summed E-state index contributed by atoms with van der Waals surface area (Å²) in [5, 5.41) is 10.2. The summed E-state index contributed by atoms with van der Waals surface area (Å²) in [6.45, 7) is 15.7. The fourth-order valence-electron chi connectivity index (χ4n) is 1.82. The number of rotatable bonds is 4. The van der Waals surface area contributed by atoms with Crippen LogP contribution in [0.4, 0.5) is 4.79 Å². The second kappa shape index (κ2) is 6.11. The van der Waals surface area contributed by atoms with Crippen LogP contribution in [0.2, 0.25) is 0 Å². The molecule has 0 aliphatic rings. The number of carbonyl (C=O) groups is 1. The van der Waals surface area contributed by atoms with Gasteiger partial charge in [-0.3, -0.25) is 4.68 Å². The van der Waals surface area contributed by atoms with Gasteiger partial charge in [0.25, 0.3) is 0 Å². The van der Waals surface area contributed by atoms with E-state index in [0.717, 1.165) is 11.3 Å². The number of carbonyl (C=O) groups excluding carboxylic acids is 1. The third-order valence-corrected chi connectivity index (χ3v) is 3.15. The van der Waals surface area contributed by atoms with E-state index in [4.69, 9.17) is 0 Å². The summed E-state index contributed by atoms with van der Waals surface area (Å²) in [5.41, 5.74) is 1.90. The van der Waals surface area contributed by atoms with Crippen LogP contribution in [0.3, 0.4) is 0 Å². The predicted octanol–water partition coefficient (Wildman–Crippen LogP) is 2.88. The minimum Gasteiger partial charge on any atom is -0.332 e. The summed E-state index contributed by atoms with van der Waals surface area (Å²) in [6.07, 6.45) is 3.68. The highest BCUT2D eigenvalue weighted by Crippen LogP contribution is 2.20. The first-order chi connectivity index (χ1) is 9.15. The fourth-order valence-corrected chi connectivity index (χ4v) is 1.82. The molecule has 0 saturated carbocycles. The van der Waals surface area contributed by atoms with Crippen molar-refractivity contribution in [3.05, 3.63) is 30.1 Å². The molecule has 0 radical (unpaired) electrons. The molecule has 0 aliphatic heterocycles. The number of nitrogens with one attached hydrogen (secondary N) is 2. The van der Waals surface area contributed by atoms with Crippen LogP contribution in [-0.4, -0.2) is 21.9 Å². The van der Waals surface area contributed by atoms with Crippen LogP contribution in [0, 0.1) is 6.92 Å². The van der Waals surface area contributed by atoms with Gasteiger partial charge in [-0.2, -0.15) is 5.10 Å². The second-order valence-electron chi connectivity index (χ2n) is 6.15. The third kappa shape index (κ3) is 4.11. The average molecular weight is 278 g/mol. The van der Waals surface area contributed by atoms with E-state index in [9.17, 15) is 4.79 Å². The number of aryl methyl sites for hydroxylation is 1. The Kier molecular flexibility index (Phi) is 4.98. The van der Waals surface area contributed by atoms with E-state index in [-0.39, 0.29) is 23.7 Å². The molecular weight excluding hydrogens is 252 g/mol. The molecule has 5 heteroatoms. The number of aromatic nitrogens is 2. The smallest absolute Gasteiger partial charge is 0.315 e. The summed E-state index contributed by atoms with van der Waals surface area (Å²) in [7, 11) is 0. The van der Waals surface area contributed by atoms with Crippen LogP contribution in [0.15, 0.2) is 18.9 Å². The minimum atomic E-state index is -0.201. The molecule has 2 atom stereocenters. The molecule has 0 bridgehead atoms. The predicted molar refractivity (Wildman–Crippen MR) is 81.7 cm³/mol. The van der Waals surface area contributed by atoms with E-state index in [1.165, 1.54) is 0 Å². The number of hydrogen-bond acceptors (Lipinski definition) is 2. The lowest BCUT2D eigenvalue weighted by Crippen LogP contribution is -2.41. The molecule has 1 aromatic rings. The highest BCUT2D eigenvalue weighted by Gasteiger charge is 2.20. The van der Waals surface area contributed by atoms with Crippen LogP contribution in [0.1, 0.15) is 51.9 Å². The Morgan fingerprint density at radius 1 is 1.40 bits per heavy atom. The van der Waals surface area contributed by atoms with Crippen molar-refractivity contribution in [2.24, 2.45) is 0 Å². The molecule has 1 rings (SSSR count). The molecule has 1 aromatic heterocycles. The molecule has 0 aromatic carbocycles. The van der Waals surface area contributed by atoms with Gasteiger partial charge in [-0.1, -0.05) is 6.08 Å². The second-order valence-corrected chi connectivity index (χ2v) is 6.15. The van der Waals surface area contributed by atoms with E-state index < -0.39 is 0 Å². The lowest BCUT2D eigenvalue weighted by atomic mass is 10.1. The van der Waals surface area contributed by atoms with Crippen LogP contribution >= 0.6 is 0 Å². The molecular formula is C15H26N4O. The van der Waals surface area contributed by atoms with E-state index in [2.05, 4.69) is 43.1 Å². The Morgan fingerprint density at radius 3 is 2.45 bits per heavy atom. The standard InChI is InChI=1S/C15H26N4O/c1-8-10(2)16-14(20)17-11(3)13-9-19(15(5,6)7)18-12(13)4/h8-11H,1H2,2-7H3,(H2,16,17,20)/t10-,11+/m0/s1. The molecule has 20 heavy (non-hydrogen) atoms. The van der Waals surface area contributed by atoms with Gasteiger partial charge in [-0.05, 0) is 41.5 Å². The molecule has 2 N–H and O–H groups in total. The van der Waals surface area contributed by atoms with Crippen molar-refractivity contribution >= 4 is 6.03 Å². The molecule has 112 valence electrons. The van der Waals surface area contributed by atoms with Gasteiger partial charge >= 0.3 is 6.03 Å². The normalized spacial score (nSPS) is 14.5. The van der Waals surface area contributed by atoms with Gasteiger partial charge in [0, 0.05) is 17.8 Å². The summed E-state index contributed by atoms with van der Waals surface area (Å²) in [6, 6.07) is -0.350. The fraction of sp³-hybridized carbons (Fsp3) is 0.600. The first-order valence-electron chi connectivity index (χ1n) is 6.91. The van der Waals surface area contributed by atoms with Gasteiger partial charge in [-0.25, -0.2) is 4.79 Å². The third-order valence-electron chi connectivity index (χ3n) is 3.15. The number of amides is 2. The van der Waals surface area contributed by atoms with E-state index >= 15 is 0 Å². The van der Waals surface area contributed by atoms with E-state index in [0.29, 0.717) is 0 Å². The lowest BCUT2D eigenvalue weighted by Gasteiger charge is -2.19. The van der Waals surface area contributed by atoms with Crippen molar-refractivity contribution in [2.75, 3.05) is 0 Å². The first-order valence-corrected chi connectivity index (χ1v) is 6.91. The highest BCUT2D eigenvalue weighted by atomic mass is 16.2. The zero-order valence-corrected chi connectivity index (χ0v) is 13.3. The van der Waals surface area contributed by atoms with E-state index in [1.807, 2.05) is 31.6 Å². The van der Waals surface area contributed by atoms with Crippen molar-refractivity contribution in [2.45, 2.75) is 59.2 Å². The molecule has 0 saturated heterocycles. The molecule has 0 spiro atoms. The van der Waals surface area contributed by atoms with E-state index in [1.54, 1.807) is 6.08 Å². The average Bonchev–Trinajstić information content (AvgIpc) is 2.70. The number of hydrogen-bond donors (Lipinski definition) is 2. The number of nitrogens with zero attached hydrogens (tertiary/aromatic N) is 2. The Balaban J connectivity index is 2.78. The van der Waals surface area contributed by atoms with Gasteiger partial charge in [0.15, 0.2) is 0 Å². The Labute approximate surface area is 121 Å². The zero-order valence-electron chi connectivity index (χ0n) is 13.3. The summed E-state index contributed by atoms with van der Waals surface area (Å²) in [5.74, 6) is 0. The minimum absolute atomic E-state index is 0.0550. The van der Waals surface area contributed by atoms with Crippen molar-refractivity contribution in [3.8, 4) is 0 Å². The summed E-state index contributed by atoms with van der Waals surface area (Å²) in [4.78, 5) is 11.8. The zero-order chi connectivity index (χ0) is 15.5. The van der Waals surface area contributed by atoms with Crippen molar-refractivity contribution in [1.29, 1.82) is 0 Å². The van der Waals surface area contributed by atoms with Crippen LogP contribution < -0.4 is 10.6 Å². The maximum atomic E-state index is 11.8. The maximum Gasteiger partial charge on any atom is 0.315 e. The quantitative estimate of drug-likeness (QED) is 0.832. The lowest BCUT2D eigenvalue weighted by molar-refractivity contribution is 0.236. The number of urea groups is 1. The molecule has 0 fully saturated rings. The summed E-state index contributed by atoms with van der Waals surface area (Å²) >= 11 is 0. The maximum absolute atomic E-state index is 11.8. The Hall–Kier alpha value is -1.78. The topological polar surface area (TPSA) is 59.0 Å². The molecule has 0 unspecified atom stereocenters. The monoisotopic (exact) mass is 278 g/mol. The van der Waals surface area contributed by atoms with Gasteiger partial charge in [0.1, 0.15) is 0 Å². The van der Waals surface area contributed by atoms with Gasteiger partial charge in [0.2, 0.25) is 0 Å². The summed E-state index contributed by atoms with van der Waals surface area (Å²) < 4.78 is 1.93. The Bertz CT molecular complexity index is 485. The van der Waals surface area contributed by atoms with Crippen molar-refractivity contribution in [3.63, 3.8) is 0 Å². The van der Waals surface area contributed by atoms with Gasteiger partial charge in [-0.15, -0.1) is 6.58 Å². The van der Waals surface area contributed by atoms with Crippen LogP contribution in [0.25, 0.3) is 0 Å². The van der Waals surface area contributed by atoms with Crippen molar-refractivity contribution < 1.29 is 4.79 Å². The van der Waals surface area contributed by atoms with Crippen LogP contribution in [0.5, 0.6) is 0 Å². The SMILES string of the molecule is C=C[C@H](C)NC(=O)N[C@H](C)c1cn(C(C)(C)C)nc1C. The molecule has 1 heterocycles. The molecule has 0 aliphatic carbocycles.